The first kappa shape index (κ1) is 14.9. The molecule has 0 unspecified atom stereocenters. The van der Waals surface area contributed by atoms with E-state index in [0.29, 0.717) is 24.4 Å². The molecule has 0 bridgehead atoms. The molecule has 5 nitrogen and oxygen atoms in total. The standard InChI is InChI=1S/C15H26N4O/c1-11(2)10-19-8-7-16-14(19)9-17-15(20)18-13-6-4-5-12(13)3/h7-8,11-13H,4-6,9-10H2,1-3H3,(H2,17,18,20)/t12-,13+/m1/s1. The van der Waals surface area contributed by atoms with Crippen molar-refractivity contribution in [2.45, 2.75) is 59.2 Å². The van der Waals surface area contributed by atoms with E-state index in [1.807, 2.05) is 6.20 Å². The lowest BCUT2D eigenvalue weighted by atomic mass is 10.1. The second-order valence-electron chi connectivity index (χ2n) is 6.23. The van der Waals surface area contributed by atoms with E-state index in [1.165, 1.54) is 12.8 Å². The summed E-state index contributed by atoms with van der Waals surface area (Å²) in [5.41, 5.74) is 0. The molecule has 1 heterocycles. The third kappa shape index (κ3) is 3.99. The lowest BCUT2D eigenvalue weighted by molar-refractivity contribution is 0.233. The van der Waals surface area contributed by atoms with E-state index < -0.39 is 0 Å². The molecule has 5 heteroatoms. The molecule has 2 rings (SSSR count). The zero-order chi connectivity index (χ0) is 14.5. The Balaban J connectivity index is 1.80. The molecule has 1 aliphatic carbocycles. The summed E-state index contributed by atoms with van der Waals surface area (Å²) in [5, 5.41) is 5.98. The van der Waals surface area contributed by atoms with Crippen LogP contribution in [-0.4, -0.2) is 21.6 Å². The first-order valence-electron chi connectivity index (χ1n) is 7.60. The van der Waals surface area contributed by atoms with Crippen molar-refractivity contribution < 1.29 is 4.79 Å². The molecule has 2 N–H and O–H groups in total. The molecule has 1 fully saturated rings. The molecular weight excluding hydrogens is 252 g/mol. The molecule has 20 heavy (non-hydrogen) atoms. The van der Waals surface area contributed by atoms with Crippen LogP contribution < -0.4 is 10.6 Å². The first-order chi connectivity index (χ1) is 9.56. The molecule has 1 aromatic heterocycles. The summed E-state index contributed by atoms with van der Waals surface area (Å²) in [6.45, 7) is 7.95. The number of amides is 2. The van der Waals surface area contributed by atoms with Gasteiger partial charge in [-0.2, -0.15) is 0 Å². The van der Waals surface area contributed by atoms with E-state index in [2.05, 4.69) is 41.0 Å². The van der Waals surface area contributed by atoms with Gasteiger partial charge < -0.3 is 15.2 Å². The zero-order valence-electron chi connectivity index (χ0n) is 12.7. The summed E-state index contributed by atoms with van der Waals surface area (Å²) in [7, 11) is 0. The van der Waals surface area contributed by atoms with Crippen LogP contribution in [0.3, 0.4) is 0 Å². The Morgan fingerprint density at radius 3 is 2.95 bits per heavy atom. The number of imidazole rings is 1. The van der Waals surface area contributed by atoms with E-state index in [1.54, 1.807) is 6.20 Å². The number of hydrogen-bond donors (Lipinski definition) is 2. The number of carbonyl (C=O) groups excluding carboxylic acids is 1. The van der Waals surface area contributed by atoms with Crippen LogP contribution in [0.5, 0.6) is 0 Å². The molecule has 0 aliphatic heterocycles. The minimum atomic E-state index is -0.0807. The van der Waals surface area contributed by atoms with Gasteiger partial charge in [0, 0.05) is 25.0 Å². The quantitative estimate of drug-likeness (QED) is 0.869. The van der Waals surface area contributed by atoms with Crippen LogP contribution in [0.1, 0.15) is 45.9 Å². The summed E-state index contributed by atoms with van der Waals surface area (Å²) in [5.74, 6) is 2.06. The molecule has 0 saturated heterocycles. The highest BCUT2D eigenvalue weighted by atomic mass is 16.2. The van der Waals surface area contributed by atoms with Crippen LogP contribution in [0, 0.1) is 11.8 Å². The Kier molecular flexibility index (Phi) is 5.04. The van der Waals surface area contributed by atoms with Crippen molar-refractivity contribution in [1.82, 2.24) is 20.2 Å². The molecule has 0 spiro atoms. The molecule has 0 radical (unpaired) electrons. The molecule has 1 aromatic rings. The first-order valence-corrected chi connectivity index (χ1v) is 7.60. The predicted octanol–water partition coefficient (Wildman–Crippen LogP) is 2.53. The monoisotopic (exact) mass is 278 g/mol. The molecule has 0 aromatic carbocycles. The fraction of sp³-hybridized carbons (Fsp3) is 0.733. The summed E-state index contributed by atoms with van der Waals surface area (Å²) in [4.78, 5) is 16.2. The van der Waals surface area contributed by atoms with Gasteiger partial charge in [0.1, 0.15) is 5.82 Å². The van der Waals surface area contributed by atoms with Crippen molar-refractivity contribution in [3.8, 4) is 0 Å². The lowest BCUT2D eigenvalue weighted by Gasteiger charge is -2.18. The molecule has 1 aliphatic rings. The maximum atomic E-state index is 11.9. The molecular formula is C15H26N4O. The normalized spacial score (nSPS) is 22.2. The van der Waals surface area contributed by atoms with Crippen molar-refractivity contribution >= 4 is 6.03 Å². The Morgan fingerprint density at radius 2 is 2.30 bits per heavy atom. The van der Waals surface area contributed by atoms with Gasteiger partial charge in [0.15, 0.2) is 0 Å². The van der Waals surface area contributed by atoms with Crippen LogP contribution in [0.25, 0.3) is 0 Å². The fourth-order valence-corrected chi connectivity index (χ4v) is 2.81. The van der Waals surface area contributed by atoms with Gasteiger partial charge in [0.05, 0.1) is 6.54 Å². The van der Waals surface area contributed by atoms with Crippen molar-refractivity contribution in [3.63, 3.8) is 0 Å². The van der Waals surface area contributed by atoms with Gasteiger partial charge in [-0.1, -0.05) is 27.2 Å². The van der Waals surface area contributed by atoms with Crippen molar-refractivity contribution in [2.75, 3.05) is 0 Å². The molecule has 1 saturated carbocycles. The zero-order valence-corrected chi connectivity index (χ0v) is 12.7. The van der Waals surface area contributed by atoms with Crippen LogP contribution in [-0.2, 0) is 13.1 Å². The Bertz CT molecular complexity index is 441. The number of aromatic nitrogens is 2. The average molecular weight is 278 g/mol. The number of urea groups is 1. The minimum Gasteiger partial charge on any atom is -0.335 e. The highest BCUT2D eigenvalue weighted by molar-refractivity contribution is 5.74. The fourth-order valence-electron chi connectivity index (χ4n) is 2.81. The van der Waals surface area contributed by atoms with Gasteiger partial charge in [-0.25, -0.2) is 9.78 Å². The SMILES string of the molecule is CC(C)Cn1ccnc1CNC(=O)N[C@H]1CCC[C@H]1C. The van der Waals surface area contributed by atoms with Crippen molar-refractivity contribution in [2.24, 2.45) is 11.8 Å². The Hall–Kier alpha value is -1.52. The number of nitrogens with one attached hydrogen (secondary N) is 2. The Labute approximate surface area is 121 Å². The number of hydrogen-bond acceptors (Lipinski definition) is 2. The number of nitrogens with zero attached hydrogens (tertiary/aromatic N) is 2. The van der Waals surface area contributed by atoms with Gasteiger partial charge in [-0.15, -0.1) is 0 Å². The number of carbonyl (C=O) groups is 1. The average Bonchev–Trinajstić information content (AvgIpc) is 2.97. The third-order valence-corrected chi connectivity index (χ3v) is 3.95. The molecule has 2 amide bonds. The largest absolute Gasteiger partial charge is 0.335 e. The second-order valence-corrected chi connectivity index (χ2v) is 6.23. The maximum Gasteiger partial charge on any atom is 0.315 e. The summed E-state index contributed by atoms with van der Waals surface area (Å²) in [6, 6.07) is 0.244. The van der Waals surface area contributed by atoms with Gasteiger partial charge in [0.2, 0.25) is 0 Å². The van der Waals surface area contributed by atoms with E-state index in [9.17, 15) is 4.79 Å². The highest BCUT2D eigenvalue weighted by Gasteiger charge is 2.24. The third-order valence-electron chi connectivity index (χ3n) is 3.95. The summed E-state index contributed by atoms with van der Waals surface area (Å²) >= 11 is 0. The molecule has 112 valence electrons. The maximum absolute atomic E-state index is 11.9. The smallest absolute Gasteiger partial charge is 0.315 e. The van der Waals surface area contributed by atoms with Gasteiger partial charge in [0.25, 0.3) is 0 Å². The predicted molar refractivity (Wildman–Crippen MR) is 79.2 cm³/mol. The summed E-state index contributed by atoms with van der Waals surface area (Å²) in [6.07, 6.45) is 7.27. The van der Waals surface area contributed by atoms with E-state index in [4.69, 9.17) is 0 Å². The number of rotatable bonds is 5. The Morgan fingerprint density at radius 1 is 1.50 bits per heavy atom. The van der Waals surface area contributed by atoms with E-state index in [-0.39, 0.29) is 6.03 Å². The van der Waals surface area contributed by atoms with Crippen molar-refractivity contribution in [1.29, 1.82) is 0 Å². The van der Waals surface area contributed by atoms with Gasteiger partial charge in [-0.05, 0) is 24.7 Å². The van der Waals surface area contributed by atoms with Gasteiger partial charge >= 0.3 is 6.03 Å². The van der Waals surface area contributed by atoms with Gasteiger partial charge in [-0.3, -0.25) is 0 Å². The van der Waals surface area contributed by atoms with E-state index >= 15 is 0 Å². The molecule has 2 atom stereocenters. The minimum absolute atomic E-state index is 0.0807. The van der Waals surface area contributed by atoms with Crippen LogP contribution >= 0.6 is 0 Å². The topological polar surface area (TPSA) is 59.0 Å². The highest BCUT2D eigenvalue weighted by Crippen LogP contribution is 2.24. The van der Waals surface area contributed by atoms with Crippen LogP contribution in [0.2, 0.25) is 0 Å². The van der Waals surface area contributed by atoms with E-state index in [0.717, 1.165) is 18.8 Å². The van der Waals surface area contributed by atoms with Crippen LogP contribution in [0.4, 0.5) is 4.79 Å². The van der Waals surface area contributed by atoms with Crippen molar-refractivity contribution in [3.05, 3.63) is 18.2 Å². The lowest BCUT2D eigenvalue weighted by Crippen LogP contribution is -2.43. The summed E-state index contributed by atoms with van der Waals surface area (Å²) < 4.78 is 2.10. The second kappa shape index (κ2) is 6.77. The van der Waals surface area contributed by atoms with Crippen LogP contribution in [0.15, 0.2) is 12.4 Å².